The van der Waals surface area contributed by atoms with Crippen LogP contribution in [-0.4, -0.2) is 55.6 Å². The Morgan fingerprint density at radius 2 is 1.83 bits per heavy atom. The molecule has 0 bridgehead atoms. The SMILES string of the molecule is CCOc1cc(C(=O)N(C)Cc2ccc(C(=O)N(C)C)c3c2CN=C3)ccc1-c1cccc(F)c1. The Kier molecular flexibility index (Phi) is 6.96. The van der Waals surface area contributed by atoms with E-state index >= 15 is 0 Å². The first-order valence-corrected chi connectivity index (χ1v) is 11.4. The van der Waals surface area contributed by atoms with Crippen LogP contribution in [0.4, 0.5) is 4.39 Å². The van der Waals surface area contributed by atoms with Crippen LogP contribution in [0.15, 0.2) is 59.6 Å². The predicted molar refractivity (Wildman–Crippen MR) is 135 cm³/mol. The summed E-state index contributed by atoms with van der Waals surface area (Å²) in [6.07, 6.45) is 1.73. The summed E-state index contributed by atoms with van der Waals surface area (Å²) in [5, 5.41) is 0. The van der Waals surface area contributed by atoms with Crippen LogP contribution in [0.2, 0.25) is 0 Å². The zero-order valence-electron chi connectivity index (χ0n) is 20.3. The molecule has 1 aliphatic heterocycles. The van der Waals surface area contributed by atoms with Gasteiger partial charge in [-0.3, -0.25) is 14.6 Å². The number of nitrogens with zero attached hydrogens (tertiary/aromatic N) is 3. The molecule has 4 rings (SSSR count). The number of hydrogen-bond donors (Lipinski definition) is 0. The lowest BCUT2D eigenvalue weighted by molar-refractivity contribution is 0.0782. The minimum atomic E-state index is -0.334. The van der Waals surface area contributed by atoms with Gasteiger partial charge in [0, 0.05) is 56.2 Å². The Morgan fingerprint density at radius 1 is 1.03 bits per heavy atom. The van der Waals surface area contributed by atoms with Gasteiger partial charge in [0.25, 0.3) is 11.8 Å². The summed E-state index contributed by atoms with van der Waals surface area (Å²) < 4.78 is 19.6. The van der Waals surface area contributed by atoms with Crippen LogP contribution >= 0.6 is 0 Å². The highest BCUT2D eigenvalue weighted by atomic mass is 19.1. The van der Waals surface area contributed by atoms with Crippen molar-refractivity contribution in [2.45, 2.75) is 20.0 Å². The van der Waals surface area contributed by atoms with Gasteiger partial charge < -0.3 is 14.5 Å². The molecule has 0 saturated heterocycles. The first-order chi connectivity index (χ1) is 16.8. The molecule has 0 radical (unpaired) electrons. The quantitative estimate of drug-likeness (QED) is 0.495. The summed E-state index contributed by atoms with van der Waals surface area (Å²) in [6, 6.07) is 15.2. The van der Waals surface area contributed by atoms with Crippen molar-refractivity contribution < 1.29 is 18.7 Å². The number of halogens is 1. The monoisotopic (exact) mass is 473 g/mol. The first-order valence-electron chi connectivity index (χ1n) is 11.4. The van der Waals surface area contributed by atoms with Gasteiger partial charge in [-0.1, -0.05) is 18.2 Å². The number of fused-ring (bicyclic) bond motifs is 1. The molecule has 7 heteroatoms. The van der Waals surface area contributed by atoms with Crippen molar-refractivity contribution in [1.82, 2.24) is 9.80 Å². The van der Waals surface area contributed by atoms with Crippen molar-refractivity contribution in [3.05, 3.63) is 88.2 Å². The van der Waals surface area contributed by atoms with Crippen molar-refractivity contribution in [3.8, 4) is 16.9 Å². The molecule has 2 amide bonds. The lowest BCUT2D eigenvalue weighted by Crippen LogP contribution is -2.27. The Bertz CT molecular complexity index is 1320. The maximum absolute atomic E-state index is 13.8. The fraction of sp³-hybridized carbons (Fsp3) is 0.250. The van der Waals surface area contributed by atoms with Crippen molar-refractivity contribution in [2.75, 3.05) is 27.7 Å². The molecule has 35 heavy (non-hydrogen) atoms. The van der Waals surface area contributed by atoms with E-state index < -0.39 is 0 Å². The maximum Gasteiger partial charge on any atom is 0.254 e. The third-order valence-corrected chi connectivity index (χ3v) is 5.98. The third kappa shape index (κ3) is 4.94. The molecule has 1 heterocycles. The largest absolute Gasteiger partial charge is 0.493 e. The Balaban J connectivity index is 1.59. The summed E-state index contributed by atoms with van der Waals surface area (Å²) in [5.74, 6) is -0.0527. The summed E-state index contributed by atoms with van der Waals surface area (Å²) in [7, 11) is 5.18. The van der Waals surface area contributed by atoms with Crippen LogP contribution in [0.5, 0.6) is 5.75 Å². The van der Waals surface area contributed by atoms with E-state index in [2.05, 4.69) is 4.99 Å². The van der Waals surface area contributed by atoms with E-state index in [1.807, 2.05) is 19.1 Å². The van der Waals surface area contributed by atoms with Crippen LogP contribution in [0.3, 0.4) is 0 Å². The zero-order valence-corrected chi connectivity index (χ0v) is 20.3. The highest BCUT2D eigenvalue weighted by Crippen LogP contribution is 2.32. The summed E-state index contributed by atoms with van der Waals surface area (Å²) in [5.41, 5.74) is 5.23. The number of rotatable bonds is 7. The lowest BCUT2D eigenvalue weighted by atomic mass is 9.96. The molecule has 1 aliphatic rings. The second-order valence-electron chi connectivity index (χ2n) is 8.65. The summed E-state index contributed by atoms with van der Waals surface area (Å²) in [4.78, 5) is 33.4. The Hall–Kier alpha value is -4.00. The zero-order chi connectivity index (χ0) is 25.1. The van der Waals surface area contributed by atoms with E-state index in [1.54, 1.807) is 67.5 Å². The topological polar surface area (TPSA) is 62.2 Å². The van der Waals surface area contributed by atoms with Crippen LogP contribution < -0.4 is 4.74 Å². The van der Waals surface area contributed by atoms with E-state index in [-0.39, 0.29) is 17.6 Å². The molecular weight excluding hydrogens is 445 g/mol. The fourth-order valence-corrected chi connectivity index (χ4v) is 4.22. The van der Waals surface area contributed by atoms with Crippen LogP contribution in [0.25, 0.3) is 11.1 Å². The van der Waals surface area contributed by atoms with Gasteiger partial charge in [-0.2, -0.15) is 0 Å². The van der Waals surface area contributed by atoms with Crippen molar-refractivity contribution in [2.24, 2.45) is 4.99 Å². The summed E-state index contributed by atoms with van der Waals surface area (Å²) >= 11 is 0. The number of amides is 2. The molecular formula is C28H28FN3O3. The Morgan fingerprint density at radius 3 is 2.54 bits per heavy atom. The molecule has 0 N–H and O–H groups in total. The van der Waals surface area contributed by atoms with E-state index in [0.717, 1.165) is 22.3 Å². The molecule has 6 nitrogen and oxygen atoms in total. The number of carbonyl (C=O) groups is 2. The second-order valence-corrected chi connectivity index (χ2v) is 8.65. The highest BCUT2D eigenvalue weighted by Gasteiger charge is 2.23. The van der Waals surface area contributed by atoms with Gasteiger partial charge in [0.1, 0.15) is 11.6 Å². The predicted octanol–water partition coefficient (Wildman–Crippen LogP) is 4.80. The van der Waals surface area contributed by atoms with Crippen LogP contribution in [0, 0.1) is 5.82 Å². The molecule has 0 aliphatic carbocycles. The fourth-order valence-electron chi connectivity index (χ4n) is 4.22. The van der Waals surface area contributed by atoms with E-state index in [1.165, 1.54) is 12.1 Å². The smallest absolute Gasteiger partial charge is 0.254 e. The van der Waals surface area contributed by atoms with Gasteiger partial charge in [-0.05, 0) is 60.0 Å². The molecule has 0 spiro atoms. The van der Waals surface area contributed by atoms with Crippen LogP contribution in [0.1, 0.15) is 44.3 Å². The molecule has 0 unspecified atom stereocenters. The van der Waals surface area contributed by atoms with E-state index in [4.69, 9.17) is 4.74 Å². The van der Waals surface area contributed by atoms with Crippen molar-refractivity contribution in [1.29, 1.82) is 0 Å². The van der Waals surface area contributed by atoms with E-state index in [9.17, 15) is 14.0 Å². The number of benzene rings is 3. The molecule has 180 valence electrons. The van der Waals surface area contributed by atoms with Gasteiger partial charge in [0.15, 0.2) is 0 Å². The Labute approximate surface area is 204 Å². The third-order valence-electron chi connectivity index (χ3n) is 5.98. The van der Waals surface area contributed by atoms with Gasteiger partial charge in [0.05, 0.1) is 13.2 Å². The molecule has 3 aromatic rings. The van der Waals surface area contributed by atoms with E-state index in [0.29, 0.717) is 42.1 Å². The number of carbonyl (C=O) groups excluding carboxylic acids is 2. The second kappa shape index (κ2) is 10.1. The standard InChI is InChI=1S/C28H28FN3O3/c1-5-35-26-14-19(9-11-22(26)18-7-6-8-21(29)13-18)27(33)32(4)17-20-10-12-23(28(34)31(2)3)25-16-30-15-24(20)25/h6-14,16H,5,15,17H2,1-4H3. The molecule has 0 atom stereocenters. The van der Waals surface area contributed by atoms with Gasteiger partial charge in [-0.15, -0.1) is 0 Å². The van der Waals surface area contributed by atoms with Crippen molar-refractivity contribution in [3.63, 3.8) is 0 Å². The van der Waals surface area contributed by atoms with Gasteiger partial charge in [0.2, 0.25) is 0 Å². The van der Waals surface area contributed by atoms with Gasteiger partial charge >= 0.3 is 0 Å². The highest BCUT2D eigenvalue weighted by molar-refractivity contribution is 6.04. The summed E-state index contributed by atoms with van der Waals surface area (Å²) in [6.45, 7) is 3.14. The molecule has 0 fully saturated rings. The average molecular weight is 474 g/mol. The minimum absolute atomic E-state index is 0.0765. The van der Waals surface area contributed by atoms with Gasteiger partial charge in [-0.25, -0.2) is 4.39 Å². The molecule has 3 aromatic carbocycles. The minimum Gasteiger partial charge on any atom is -0.493 e. The molecule has 0 saturated carbocycles. The van der Waals surface area contributed by atoms with Crippen molar-refractivity contribution >= 4 is 18.0 Å². The first kappa shape index (κ1) is 24.1. The number of ether oxygens (including phenoxy) is 1. The average Bonchev–Trinajstić information content (AvgIpc) is 3.34. The lowest BCUT2D eigenvalue weighted by Gasteiger charge is -2.21. The van der Waals surface area contributed by atoms with Crippen LogP contribution in [-0.2, 0) is 13.1 Å². The number of hydrogen-bond acceptors (Lipinski definition) is 4. The normalized spacial score (nSPS) is 11.8. The maximum atomic E-state index is 13.8. The number of aliphatic imine (C=N–C) groups is 1. The molecule has 0 aromatic heterocycles.